The van der Waals surface area contributed by atoms with Crippen LogP contribution in [0.5, 0.6) is 5.75 Å². The predicted octanol–water partition coefficient (Wildman–Crippen LogP) is 5.58. The van der Waals surface area contributed by atoms with E-state index in [-0.39, 0.29) is 17.2 Å². The lowest BCUT2D eigenvalue weighted by Gasteiger charge is -2.43. The lowest BCUT2D eigenvalue weighted by Crippen LogP contribution is -2.46. The van der Waals surface area contributed by atoms with Crippen molar-refractivity contribution in [1.82, 2.24) is 14.5 Å². The summed E-state index contributed by atoms with van der Waals surface area (Å²) < 4.78 is 43.2. The SMILES string of the molecule is O=c1c(-c2ccc(OC(F)(F)F)cc2)ccc2n1CC1CC2CN(Cc2cnc3ccccc3c2)C1. The average Bonchev–Trinajstić information content (AvgIpc) is 2.84. The maximum atomic E-state index is 13.4. The van der Waals surface area contributed by atoms with E-state index >= 15 is 0 Å². The number of alkyl halides is 3. The van der Waals surface area contributed by atoms with E-state index in [9.17, 15) is 18.0 Å². The first kappa shape index (κ1) is 22.8. The molecule has 2 aromatic carbocycles. The normalized spacial score (nSPS) is 19.8. The van der Waals surface area contributed by atoms with Crippen molar-refractivity contribution < 1.29 is 17.9 Å². The summed E-state index contributed by atoms with van der Waals surface area (Å²) >= 11 is 0. The Balaban J connectivity index is 1.22. The molecule has 2 aromatic heterocycles. The molecule has 0 N–H and O–H groups in total. The van der Waals surface area contributed by atoms with Crippen molar-refractivity contribution in [3.05, 3.63) is 94.5 Å². The number of nitrogens with zero attached hydrogens (tertiary/aromatic N) is 3. The number of rotatable bonds is 4. The number of ether oxygens (including phenoxy) is 1. The van der Waals surface area contributed by atoms with Gasteiger partial charge in [0.15, 0.2) is 0 Å². The number of piperidine rings is 1. The maximum absolute atomic E-state index is 13.4. The second-order valence-electron chi connectivity index (χ2n) is 9.69. The van der Waals surface area contributed by atoms with Crippen LogP contribution in [0.3, 0.4) is 0 Å². The topological polar surface area (TPSA) is 47.4 Å². The summed E-state index contributed by atoms with van der Waals surface area (Å²) in [5.74, 6) is 0.316. The molecule has 2 aliphatic rings. The highest BCUT2D eigenvalue weighted by atomic mass is 19.4. The van der Waals surface area contributed by atoms with Crippen LogP contribution >= 0.6 is 0 Å². The molecule has 2 atom stereocenters. The van der Waals surface area contributed by atoms with Gasteiger partial charge in [-0.15, -0.1) is 13.2 Å². The second kappa shape index (κ2) is 8.78. The Kier molecular flexibility index (Phi) is 5.56. The third kappa shape index (κ3) is 4.48. The van der Waals surface area contributed by atoms with Gasteiger partial charge in [-0.25, -0.2) is 0 Å². The van der Waals surface area contributed by atoms with Gasteiger partial charge >= 0.3 is 6.36 Å². The van der Waals surface area contributed by atoms with Gasteiger partial charge in [-0.1, -0.05) is 30.3 Å². The molecule has 8 heteroatoms. The van der Waals surface area contributed by atoms with Crippen LogP contribution in [-0.4, -0.2) is 33.9 Å². The zero-order chi connectivity index (χ0) is 24.9. The fourth-order valence-electron chi connectivity index (χ4n) is 5.69. The first-order valence-corrected chi connectivity index (χ1v) is 12.0. The highest BCUT2D eigenvalue weighted by Gasteiger charge is 2.35. The molecule has 0 aliphatic carbocycles. The quantitative estimate of drug-likeness (QED) is 0.374. The molecule has 0 saturated carbocycles. The monoisotopic (exact) mass is 491 g/mol. The van der Waals surface area contributed by atoms with Crippen LogP contribution in [0.2, 0.25) is 0 Å². The van der Waals surface area contributed by atoms with Crippen LogP contribution in [0.15, 0.2) is 77.7 Å². The molecule has 0 spiro atoms. The highest BCUT2D eigenvalue weighted by Crippen LogP contribution is 2.36. The standard InChI is InChI=1S/C28H24F3N3O2/c29-28(30,31)36-23-7-5-20(6-8-23)24-9-10-26-22-12-19(16-34(26)27(24)35)15-33(17-22)14-18-11-21-3-1-2-4-25(21)32-13-18/h1-11,13,19,22H,12,14-17H2. The fraction of sp³-hybridized carbons (Fsp3) is 0.286. The van der Waals surface area contributed by atoms with Gasteiger partial charge in [-0.3, -0.25) is 14.7 Å². The van der Waals surface area contributed by atoms with E-state index in [4.69, 9.17) is 0 Å². The third-order valence-corrected chi connectivity index (χ3v) is 7.13. The summed E-state index contributed by atoms with van der Waals surface area (Å²) in [6.07, 6.45) is -1.75. The number of para-hydroxylation sites is 1. The summed E-state index contributed by atoms with van der Waals surface area (Å²) in [6.45, 7) is 3.23. The zero-order valence-corrected chi connectivity index (χ0v) is 19.4. The van der Waals surface area contributed by atoms with E-state index in [2.05, 4.69) is 26.8 Å². The van der Waals surface area contributed by atoms with Crippen molar-refractivity contribution in [3.63, 3.8) is 0 Å². The lowest BCUT2D eigenvalue weighted by atomic mass is 9.82. The molecule has 0 amide bonds. The minimum Gasteiger partial charge on any atom is -0.406 e. The Morgan fingerprint density at radius 3 is 2.58 bits per heavy atom. The Bertz CT molecular complexity index is 1480. The van der Waals surface area contributed by atoms with E-state index < -0.39 is 6.36 Å². The maximum Gasteiger partial charge on any atom is 0.573 e. The molecule has 4 heterocycles. The van der Waals surface area contributed by atoms with Crippen LogP contribution in [0, 0.1) is 5.92 Å². The van der Waals surface area contributed by atoms with E-state index in [1.807, 2.05) is 35.0 Å². The number of fused-ring (bicyclic) bond motifs is 5. The van der Waals surface area contributed by atoms with Crippen LogP contribution in [-0.2, 0) is 13.1 Å². The van der Waals surface area contributed by atoms with Gasteiger partial charge in [0.2, 0.25) is 0 Å². The minimum atomic E-state index is -4.75. The van der Waals surface area contributed by atoms with Crippen molar-refractivity contribution in [2.45, 2.75) is 31.8 Å². The van der Waals surface area contributed by atoms with Gasteiger partial charge in [0, 0.05) is 54.9 Å². The Morgan fingerprint density at radius 2 is 1.78 bits per heavy atom. The van der Waals surface area contributed by atoms with Crippen molar-refractivity contribution in [2.24, 2.45) is 5.92 Å². The molecule has 5 nitrogen and oxygen atoms in total. The van der Waals surface area contributed by atoms with Gasteiger partial charge in [-0.05, 0) is 59.9 Å². The summed E-state index contributed by atoms with van der Waals surface area (Å²) in [4.78, 5) is 20.4. The second-order valence-corrected chi connectivity index (χ2v) is 9.69. The van der Waals surface area contributed by atoms with E-state index in [1.165, 1.54) is 29.8 Å². The van der Waals surface area contributed by atoms with Crippen LogP contribution in [0.4, 0.5) is 13.2 Å². The molecular formula is C28H24F3N3O2. The summed E-state index contributed by atoms with van der Waals surface area (Å²) in [6, 6.07) is 19.5. The molecule has 1 fully saturated rings. The van der Waals surface area contributed by atoms with Gasteiger partial charge in [0.25, 0.3) is 5.56 Å². The molecule has 1 saturated heterocycles. The molecule has 2 unspecified atom stereocenters. The Labute approximate surface area is 205 Å². The Hall–Kier alpha value is -3.65. The molecule has 184 valence electrons. The molecule has 36 heavy (non-hydrogen) atoms. The average molecular weight is 492 g/mol. The minimum absolute atomic E-state index is 0.0983. The number of hydrogen-bond donors (Lipinski definition) is 0. The molecule has 6 rings (SSSR count). The highest BCUT2D eigenvalue weighted by molar-refractivity contribution is 5.78. The summed E-state index contributed by atoms with van der Waals surface area (Å²) in [5.41, 5.74) is 4.15. The number of likely N-dealkylation sites (tertiary alicyclic amines) is 1. The first-order valence-electron chi connectivity index (χ1n) is 12.0. The largest absolute Gasteiger partial charge is 0.573 e. The smallest absolute Gasteiger partial charge is 0.406 e. The third-order valence-electron chi connectivity index (χ3n) is 7.13. The van der Waals surface area contributed by atoms with E-state index in [0.717, 1.165) is 42.7 Å². The molecule has 2 aliphatic heterocycles. The van der Waals surface area contributed by atoms with Crippen LogP contribution in [0.1, 0.15) is 23.6 Å². The van der Waals surface area contributed by atoms with Crippen molar-refractivity contribution in [3.8, 4) is 16.9 Å². The predicted molar refractivity (Wildman–Crippen MR) is 131 cm³/mol. The van der Waals surface area contributed by atoms with E-state index in [0.29, 0.717) is 23.6 Å². The molecule has 2 bridgehead atoms. The van der Waals surface area contributed by atoms with Gasteiger partial charge in [-0.2, -0.15) is 0 Å². The van der Waals surface area contributed by atoms with Gasteiger partial charge < -0.3 is 9.30 Å². The lowest BCUT2D eigenvalue weighted by molar-refractivity contribution is -0.274. The molecular weight excluding hydrogens is 467 g/mol. The number of halogens is 3. The summed E-state index contributed by atoms with van der Waals surface area (Å²) in [5, 5.41) is 1.13. The molecule has 0 radical (unpaired) electrons. The zero-order valence-electron chi connectivity index (χ0n) is 19.4. The van der Waals surface area contributed by atoms with Crippen molar-refractivity contribution in [1.29, 1.82) is 0 Å². The first-order chi connectivity index (χ1) is 17.3. The fourth-order valence-corrected chi connectivity index (χ4v) is 5.69. The van der Waals surface area contributed by atoms with Crippen molar-refractivity contribution in [2.75, 3.05) is 13.1 Å². The molecule has 4 aromatic rings. The van der Waals surface area contributed by atoms with Crippen LogP contribution < -0.4 is 10.3 Å². The van der Waals surface area contributed by atoms with Gasteiger partial charge in [0.1, 0.15) is 5.75 Å². The number of hydrogen-bond acceptors (Lipinski definition) is 4. The van der Waals surface area contributed by atoms with E-state index in [1.54, 1.807) is 6.07 Å². The van der Waals surface area contributed by atoms with Gasteiger partial charge in [0.05, 0.1) is 5.52 Å². The number of benzene rings is 2. The van der Waals surface area contributed by atoms with Crippen molar-refractivity contribution >= 4 is 10.9 Å². The number of pyridine rings is 2. The Morgan fingerprint density at radius 1 is 0.972 bits per heavy atom. The van der Waals surface area contributed by atoms with Crippen LogP contribution in [0.25, 0.3) is 22.0 Å². The summed E-state index contributed by atoms with van der Waals surface area (Å²) in [7, 11) is 0. The number of aromatic nitrogens is 2.